The summed E-state index contributed by atoms with van der Waals surface area (Å²) in [4.78, 5) is 18.6. The van der Waals surface area contributed by atoms with Crippen LogP contribution >= 0.6 is 11.3 Å². The van der Waals surface area contributed by atoms with Gasteiger partial charge in [-0.1, -0.05) is 17.7 Å². The van der Waals surface area contributed by atoms with Crippen LogP contribution in [0.3, 0.4) is 0 Å². The molecule has 23 heavy (non-hydrogen) atoms. The van der Waals surface area contributed by atoms with Crippen molar-refractivity contribution in [3.63, 3.8) is 0 Å². The van der Waals surface area contributed by atoms with E-state index in [2.05, 4.69) is 11.1 Å². The molecule has 3 rings (SSSR count). The third kappa shape index (κ3) is 3.19. The van der Waals surface area contributed by atoms with Crippen molar-refractivity contribution in [2.75, 3.05) is 14.2 Å². The Morgan fingerprint density at radius 3 is 2.87 bits per heavy atom. The number of methoxy groups -OCH3 is 1. The summed E-state index contributed by atoms with van der Waals surface area (Å²) in [7, 11) is 3.45. The highest BCUT2D eigenvalue weighted by Crippen LogP contribution is 2.23. The molecule has 0 fully saturated rings. The summed E-state index contributed by atoms with van der Waals surface area (Å²) in [5.74, 6) is 0.789. The van der Waals surface area contributed by atoms with Crippen LogP contribution in [-0.2, 0) is 6.54 Å². The number of thiazole rings is 1. The second-order valence-corrected chi connectivity index (χ2v) is 6.40. The average molecular weight is 326 g/mol. The maximum absolute atomic E-state index is 12.7. The number of nitrogens with zero attached hydrogens (tertiary/aromatic N) is 2. The van der Waals surface area contributed by atoms with E-state index in [1.54, 1.807) is 35.9 Å². The van der Waals surface area contributed by atoms with E-state index >= 15 is 0 Å². The molecule has 3 aromatic rings. The number of hydrogen-bond donors (Lipinski definition) is 0. The molecule has 0 saturated heterocycles. The Hall–Kier alpha value is -2.40. The number of aryl methyl sites for hydroxylation is 1. The highest BCUT2D eigenvalue weighted by atomic mass is 32.1. The van der Waals surface area contributed by atoms with Gasteiger partial charge in [0.25, 0.3) is 5.91 Å². The number of ether oxygens (including phenoxy) is 1. The van der Waals surface area contributed by atoms with E-state index in [0.717, 1.165) is 27.1 Å². The molecule has 4 nitrogen and oxygen atoms in total. The molecule has 0 aliphatic heterocycles. The second-order valence-electron chi connectivity index (χ2n) is 5.51. The van der Waals surface area contributed by atoms with Gasteiger partial charge in [-0.2, -0.15) is 0 Å². The summed E-state index contributed by atoms with van der Waals surface area (Å²) in [6.45, 7) is 2.53. The van der Waals surface area contributed by atoms with E-state index in [-0.39, 0.29) is 5.91 Å². The molecule has 1 amide bonds. The van der Waals surface area contributed by atoms with Crippen molar-refractivity contribution in [1.82, 2.24) is 9.88 Å². The van der Waals surface area contributed by atoms with Gasteiger partial charge in [-0.05, 0) is 31.2 Å². The number of aromatic nitrogens is 1. The standard InChI is InChI=1S/C18H18N2O2S/c1-12-4-7-16(22-3)14(8-12)10-20(2)18(21)13-5-6-15-17(9-13)23-11-19-15/h4-9,11H,10H2,1-3H3. The van der Waals surface area contributed by atoms with Gasteiger partial charge in [0.1, 0.15) is 5.75 Å². The predicted molar refractivity (Wildman–Crippen MR) is 93.1 cm³/mol. The Morgan fingerprint density at radius 2 is 2.09 bits per heavy atom. The maximum atomic E-state index is 12.7. The Bertz CT molecular complexity index is 857. The molecule has 5 heteroatoms. The Kier molecular flexibility index (Phi) is 4.30. The molecule has 0 radical (unpaired) electrons. The molecule has 0 aliphatic rings. The molecular formula is C18H18N2O2S. The fourth-order valence-electron chi connectivity index (χ4n) is 2.57. The van der Waals surface area contributed by atoms with Crippen LogP contribution in [0.1, 0.15) is 21.5 Å². The fraction of sp³-hybridized carbons (Fsp3) is 0.222. The van der Waals surface area contributed by atoms with Gasteiger partial charge in [0, 0.05) is 24.7 Å². The lowest BCUT2D eigenvalue weighted by Gasteiger charge is -2.19. The molecule has 2 aromatic carbocycles. The van der Waals surface area contributed by atoms with Gasteiger partial charge in [0.2, 0.25) is 0 Å². The molecule has 0 unspecified atom stereocenters. The van der Waals surface area contributed by atoms with E-state index in [1.165, 1.54) is 0 Å². The molecule has 0 aliphatic carbocycles. The molecule has 0 atom stereocenters. The van der Waals surface area contributed by atoms with Crippen LogP contribution in [0.15, 0.2) is 41.9 Å². The van der Waals surface area contributed by atoms with Crippen LogP contribution in [0.5, 0.6) is 5.75 Å². The number of rotatable bonds is 4. The third-order valence-electron chi connectivity index (χ3n) is 3.77. The number of hydrogen-bond acceptors (Lipinski definition) is 4. The SMILES string of the molecule is COc1ccc(C)cc1CN(C)C(=O)c1ccc2ncsc2c1. The van der Waals surface area contributed by atoms with E-state index in [4.69, 9.17) is 4.74 Å². The fourth-order valence-corrected chi connectivity index (χ4v) is 3.28. The zero-order valence-corrected chi connectivity index (χ0v) is 14.2. The molecule has 1 heterocycles. The van der Waals surface area contributed by atoms with E-state index in [1.807, 2.05) is 37.3 Å². The lowest BCUT2D eigenvalue weighted by molar-refractivity contribution is 0.0784. The normalized spacial score (nSPS) is 10.7. The summed E-state index contributed by atoms with van der Waals surface area (Å²) < 4.78 is 6.41. The third-order valence-corrected chi connectivity index (χ3v) is 4.56. The first-order valence-electron chi connectivity index (χ1n) is 7.30. The smallest absolute Gasteiger partial charge is 0.253 e. The number of carbonyl (C=O) groups excluding carboxylic acids is 1. The van der Waals surface area contributed by atoms with Crippen LogP contribution in [0.25, 0.3) is 10.2 Å². The van der Waals surface area contributed by atoms with Crippen LogP contribution in [-0.4, -0.2) is 29.9 Å². The van der Waals surface area contributed by atoms with Crippen molar-refractivity contribution >= 4 is 27.5 Å². The van der Waals surface area contributed by atoms with Gasteiger partial charge in [0.05, 0.1) is 22.8 Å². The quantitative estimate of drug-likeness (QED) is 0.730. The van der Waals surface area contributed by atoms with Crippen molar-refractivity contribution in [2.24, 2.45) is 0 Å². The van der Waals surface area contributed by atoms with Gasteiger partial charge in [-0.25, -0.2) is 4.98 Å². The van der Waals surface area contributed by atoms with Crippen molar-refractivity contribution in [3.05, 3.63) is 58.6 Å². The van der Waals surface area contributed by atoms with Crippen LogP contribution in [0.2, 0.25) is 0 Å². The van der Waals surface area contributed by atoms with Crippen LogP contribution < -0.4 is 4.74 Å². The molecule has 1 aromatic heterocycles. The lowest BCUT2D eigenvalue weighted by Crippen LogP contribution is -2.26. The molecule has 0 bridgehead atoms. The Morgan fingerprint density at radius 1 is 1.26 bits per heavy atom. The van der Waals surface area contributed by atoms with Gasteiger partial charge in [-0.3, -0.25) is 4.79 Å². The van der Waals surface area contributed by atoms with Gasteiger partial charge in [0.15, 0.2) is 0 Å². The second kappa shape index (κ2) is 6.38. The highest BCUT2D eigenvalue weighted by molar-refractivity contribution is 7.16. The average Bonchev–Trinajstić information content (AvgIpc) is 3.01. The van der Waals surface area contributed by atoms with Gasteiger partial charge in [-0.15, -0.1) is 11.3 Å². The molecular weight excluding hydrogens is 308 g/mol. The number of benzene rings is 2. The Balaban J connectivity index is 1.83. The zero-order valence-electron chi connectivity index (χ0n) is 13.4. The largest absolute Gasteiger partial charge is 0.496 e. The molecule has 0 N–H and O–H groups in total. The monoisotopic (exact) mass is 326 g/mol. The first-order chi connectivity index (χ1) is 11.1. The first kappa shape index (κ1) is 15.5. The van der Waals surface area contributed by atoms with Crippen molar-refractivity contribution < 1.29 is 9.53 Å². The minimum atomic E-state index is -0.0103. The number of carbonyl (C=O) groups is 1. The molecule has 118 valence electrons. The van der Waals surface area contributed by atoms with Crippen LogP contribution in [0, 0.1) is 6.92 Å². The minimum Gasteiger partial charge on any atom is -0.496 e. The van der Waals surface area contributed by atoms with Crippen molar-refractivity contribution in [3.8, 4) is 5.75 Å². The number of fused-ring (bicyclic) bond motifs is 1. The molecule has 0 saturated carbocycles. The predicted octanol–water partition coefficient (Wildman–Crippen LogP) is 3.89. The topological polar surface area (TPSA) is 42.4 Å². The first-order valence-corrected chi connectivity index (χ1v) is 8.18. The van der Waals surface area contributed by atoms with Crippen molar-refractivity contribution in [2.45, 2.75) is 13.5 Å². The van der Waals surface area contributed by atoms with E-state index in [0.29, 0.717) is 12.1 Å². The Labute approximate surface area is 139 Å². The van der Waals surface area contributed by atoms with Crippen molar-refractivity contribution in [1.29, 1.82) is 0 Å². The maximum Gasteiger partial charge on any atom is 0.253 e. The zero-order chi connectivity index (χ0) is 16.4. The summed E-state index contributed by atoms with van der Waals surface area (Å²) in [6, 6.07) is 11.6. The van der Waals surface area contributed by atoms with Gasteiger partial charge >= 0.3 is 0 Å². The van der Waals surface area contributed by atoms with E-state index in [9.17, 15) is 4.79 Å². The lowest BCUT2D eigenvalue weighted by atomic mass is 10.1. The van der Waals surface area contributed by atoms with Gasteiger partial charge < -0.3 is 9.64 Å². The molecule has 0 spiro atoms. The summed E-state index contributed by atoms with van der Waals surface area (Å²) in [5, 5.41) is 0. The van der Waals surface area contributed by atoms with E-state index < -0.39 is 0 Å². The summed E-state index contributed by atoms with van der Waals surface area (Å²) in [6.07, 6.45) is 0. The number of amides is 1. The minimum absolute atomic E-state index is 0.0103. The van der Waals surface area contributed by atoms with Crippen LogP contribution in [0.4, 0.5) is 0 Å². The summed E-state index contributed by atoms with van der Waals surface area (Å²) in [5.41, 5.74) is 5.54. The summed E-state index contributed by atoms with van der Waals surface area (Å²) >= 11 is 1.54. The highest BCUT2D eigenvalue weighted by Gasteiger charge is 2.15.